The van der Waals surface area contributed by atoms with E-state index in [1.165, 1.54) is 12.5 Å². The second-order valence-electron chi connectivity index (χ2n) is 2.24. The summed E-state index contributed by atoms with van der Waals surface area (Å²) in [6.45, 7) is 0. The number of thiazole rings is 1. The zero-order valence-electron chi connectivity index (χ0n) is 6.21. The summed E-state index contributed by atoms with van der Waals surface area (Å²) in [6.07, 6.45) is 2.76. The lowest BCUT2D eigenvalue weighted by molar-refractivity contribution is 0.597. The molecule has 68 valence electrons. The van der Waals surface area contributed by atoms with Gasteiger partial charge in [-0.3, -0.25) is 0 Å². The van der Waals surface area contributed by atoms with Gasteiger partial charge in [0.2, 0.25) is 4.34 Å². The van der Waals surface area contributed by atoms with E-state index in [-0.39, 0.29) is 4.34 Å². The maximum Gasteiger partial charge on any atom is 0.265 e. The molecule has 0 aliphatic heterocycles. The van der Waals surface area contributed by atoms with E-state index in [0.717, 1.165) is 11.3 Å². The van der Waals surface area contributed by atoms with Gasteiger partial charge in [0, 0.05) is 0 Å². The summed E-state index contributed by atoms with van der Waals surface area (Å²) in [5, 5.41) is 4.89. The lowest BCUT2D eigenvalue weighted by Gasteiger charge is -1.85. The van der Waals surface area contributed by atoms with Crippen molar-refractivity contribution in [1.82, 2.24) is 15.0 Å². The Bertz CT molecular complexity index is 513. The predicted molar refractivity (Wildman–Crippen MR) is 46.6 cm³/mol. The summed E-state index contributed by atoms with van der Waals surface area (Å²) >= 11 is 0.929. The van der Waals surface area contributed by atoms with Crippen LogP contribution in [0.1, 0.15) is 0 Å². The first kappa shape index (κ1) is 8.48. The average molecular weight is 216 g/mol. The van der Waals surface area contributed by atoms with E-state index in [1.807, 2.05) is 0 Å². The van der Waals surface area contributed by atoms with Gasteiger partial charge >= 0.3 is 0 Å². The average Bonchev–Trinajstić information content (AvgIpc) is 2.45. The Labute approximate surface area is 77.5 Å². The van der Waals surface area contributed by atoms with Gasteiger partial charge in [0.05, 0.1) is 6.20 Å². The molecule has 2 heterocycles. The molecule has 0 saturated heterocycles. The smallest absolute Gasteiger partial charge is 0.242 e. The number of fused-ring (bicyclic) bond motifs is 1. The Morgan fingerprint density at radius 2 is 2.23 bits per heavy atom. The molecule has 2 rings (SSSR count). The van der Waals surface area contributed by atoms with E-state index < -0.39 is 10.0 Å². The van der Waals surface area contributed by atoms with Crippen LogP contribution in [0.2, 0.25) is 0 Å². The van der Waals surface area contributed by atoms with Crippen LogP contribution in [-0.2, 0) is 10.0 Å². The zero-order chi connectivity index (χ0) is 9.47. The second kappa shape index (κ2) is 2.69. The van der Waals surface area contributed by atoms with Crippen LogP contribution in [0.4, 0.5) is 0 Å². The number of sulfonamides is 1. The van der Waals surface area contributed by atoms with Crippen LogP contribution < -0.4 is 5.14 Å². The monoisotopic (exact) mass is 216 g/mol. The molecular weight excluding hydrogens is 212 g/mol. The number of rotatable bonds is 1. The molecule has 0 aliphatic rings. The quantitative estimate of drug-likeness (QED) is 0.707. The minimum atomic E-state index is -3.73. The van der Waals surface area contributed by atoms with Crippen LogP contribution in [0.25, 0.3) is 10.3 Å². The Hall–Kier alpha value is -1.12. The Kier molecular flexibility index (Phi) is 1.75. The third kappa shape index (κ3) is 1.50. The van der Waals surface area contributed by atoms with Crippen molar-refractivity contribution >= 4 is 31.7 Å². The fourth-order valence-electron chi connectivity index (χ4n) is 0.792. The molecule has 0 saturated carbocycles. The third-order valence-corrected chi connectivity index (χ3v) is 3.60. The lowest BCUT2D eigenvalue weighted by atomic mass is 10.6. The molecule has 0 spiro atoms. The van der Waals surface area contributed by atoms with Crippen molar-refractivity contribution in [1.29, 1.82) is 0 Å². The maximum absolute atomic E-state index is 10.9. The van der Waals surface area contributed by atoms with Gasteiger partial charge in [0.1, 0.15) is 16.7 Å². The highest BCUT2D eigenvalue weighted by Crippen LogP contribution is 2.20. The van der Waals surface area contributed by atoms with E-state index in [0.29, 0.717) is 10.3 Å². The van der Waals surface area contributed by atoms with E-state index in [2.05, 4.69) is 15.0 Å². The highest BCUT2D eigenvalue weighted by atomic mass is 32.2. The molecule has 0 aromatic carbocycles. The van der Waals surface area contributed by atoms with Crippen molar-refractivity contribution in [2.24, 2.45) is 5.14 Å². The predicted octanol–water partition coefficient (Wildman–Crippen LogP) is -0.266. The van der Waals surface area contributed by atoms with Crippen molar-refractivity contribution in [2.45, 2.75) is 4.34 Å². The maximum atomic E-state index is 10.9. The van der Waals surface area contributed by atoms with E-state index >= 15 is 0 Å². The van der Waals surface area contributed by atoms with Crippen LogP contribution in [0.15, 0.2) is 16.9 Å². The third-order valence-electron chi connectivity index (χ3n) is 1.30. The Balaban J connectivity index is 2.77. The normalized spacial score (nSPS) is 12.1. The van der Waals surface area contributed by atoms with Crippen LogP contribution in [0.5, 0.6) is 0 Å². The van der Waals surface area contributed by atoms with Gasteiger partial charge in [-0.2, -0.15) is 0 Å². The van der Waals surface area contributed by atoms with Gasteiger partial charge in [-0.15, -0.1) is 0 Å². The summed E-state index contributed by atoms with van der Waals surface area (Å²) < 4.78 is 21.6. The van der Waals surface area contributed by atoms with Crippen molar-refractivity contribution in [3.63, 3.8) is 0 Å². The molecule has 13 heavy (non-hydrogen) atoms. The van der Waals surface area contributed by atoms with Gasteiger partial charge in [-0.25, -0.2) is 28.5 Å². The van der Waals surface area contributed by atoms with Crippen LogP contribution >= 0.6 is 11.3 Å². The number of hydrogen-bond acceptors (Lipinski definition) is 6. The highest BCUT2D eigenvalue weighted by molar-refractivity contribution is 7.91. The summed E-state index contributed by atoms with van der Waals surface area (Å²) in [5.41, 5.74) is 0.441. The summed E-state index contributed by atoms with van der Waals surface area (Å²) in [4.78, 5) is 11.8. The molecule has 2 aromatic rings. The molecule has 0 aliphatic carbocycles. The molecule has 0 radical (unpaired) electrons. The van der Waals surface area contributed by atoms with Crippen LogP contribution in [0.3, 0.4) is 0 Å². The molecule has 2 aromatic heterocycles. The van der Waals surface area contributed by atoms with Gasteiger partial charge in [-0.1, -0.05) is 11.3 Å². The molecule has 6 nitrogen and oxygen atoms in total. The molecule has 0 bridgehead atoms. The number of hydrogen-bond donors (Lipinski definition) is 1. The number of nitrogens with zero attached hydrogens (tertiary/aromatic N) is 3. The largest absolute Gasteiger partial charge is 0.265 e. The second-order valence-corrected chi connectivity index (χ2v) is 4.95. The van der Waals surface area contributed by atoms with Crippen LogP contribution in [-0.4, -0.2) is 23.4 Å². The van der Waals surface area contributed by atoms with Crippen molar-refractivity contribution < 1.29 is 8.42 Å². The van der Waals surface area contributed by atoms with Gasteiger partial charge in [-0.05, 0) is 0 Å². The number of aromatic nitrogens is 3. The lowest BCUT2D eigenvalue weighted by Crippen LogP contribution is -2.11. The van der Waals surface area contributed by atoms with Crippen molar-refractivity contribution in [3.05, 3.63) is 12.5 Å². The fourth-order valence-corrected chi connectivity index (χ4v) is 2.33. The van der Waals surface area contributed by atoms with E-state index in [4.69, 9.17) is 5.14 Å². The first-order chi connectivity index (χ1) is 6.07. The summed E-state index contributed by atoms with van der Waals surface area (Å²) in [7, 11) is -3.73. The molecule has 2 N–H and O–H groups in total. The van der Waals surface area contributed by atoms with Crippen LogP contribution in [0, 0.1) is 0 Å². The summed E-state index contributed by atoms with van der Waals surface area (Å²) in [6, 6.07) is 0. The molecule has 0 amide bonds. The Morgan fingerprint density at radius 3 is 2.85 bits per heavy atom. The van der Waals surface area contributed by atoms with E-state index in [1.54, 1.807) is 0 Å². The van der Waals surface area contributed by atoms with E-state index in [9.17, 15) is 8.42 Å². The minimum absolute atomic E-state index is 0.136. The number of nitrogens with two attached hydrogens (primary N) is 1. The number of primary sulfonamides is 1. The van der Waals surface area contributed by atoms with Gasteiger partial charge in [0.15, 0.2) is 0 Å². The SMILES string of the molecule is NS(=O)(=O)c1nc2cncnc2s1. The topological polar surface area (TPSA) is 98.8 Å². The molecule has 0 unspecified atom stereocenters. The summed E-state index contributed by atoms with van der Waals surface area (Å²) in [5.74, 6) is 0. The van der Waals surface area contributed by atoms with Gasteiger partial charge in [0.25, 0.3) is 10.0 Å². The molecular formula is C5H4N4O2S2. The minimum Gasteiger partial charge on any atom is -0.242 e. The standard InChI is InChI=1S/C5H4N4O2S2/c6-13(10,11)5-9-3-1-7-2-8-4(3)12-5/h1-2H,(H2,6,10,11). The zero-order valence-corrected chi connectivity index (χ0v) is 7.84. The first-order valence-electron chi connectivity index (χ1n) is 3.17. The van der Waals surface area contributed by atoms with Gasteiger partial charge < -0.3 is 0 Å². The van der Waals surface area contributed by atoms with Crippen molar-refractivity contribution in [2.75, 3.05) is 0 Å². The molecule has 8 heteroatoms. The first-order valence-corrected chi connectivity index (χ1v) is 5.53. The fraction of sp³-hybridized carbons (Fsp3) is 0. The highest BCUT2D eigenvalue weighted by Gasteiger charge is 2.14. The molecule has 0 atom stereocenters. The van der Waals surface area contributed by atoms with Crippen molar-refractivity contribution in [3.8, 4) is 0 Å². The Morgan fingerprint density at radius 1 is 1.46 bits per heavy atom. The molecule has 0 fully saturated rings.